The molecule has 8 heteroatoms. The second-order valence-electron chi connectivity index (χ2n) is 8.01. The summed E-state index contributed by atoms with van der Waals surface area (Å²) in [5.41, 5.74) is 8.22. The van der Waals surface area contributed by atoms with Crippen LogP contribution in [0.25, 0.3) is 11.1 Å². The average molecular weight is 441 g/mol. The van der Waals surface area contributed by atoms with Crippen LogP contribution >= 0.6 is 0 Å². The number of primary amides is 1. The number of nitriles is 1. The molecule has 0 spiro atoms. The molecule has 1 heterocycles. The Morgan fingerprint density at radius 1 is 1.19 bits per heavy atom. The van der Waals surface area contributed by atoms with Gasteiger partial charge in [-0.25, -0.2) is 12.7 Å². The number of piperidine rings is 1. The Bertz CT molecular complexity index is 1070. The lowest BCUT2D eigenvalue weighted by Crippen LogP contribution is -2.52. The molecule has 164 valence electrons. The van der Waals surface area contributed by atoms with Crippen LogP contribution in [-0.4, -0.2) is 56.3 Å². The van der Waals surface area contributed by atoms with Gasteiger partial charge in [0.1, 0.15) is 6.04 Å². The highest BCUT2D eigenvalue weighted by atomic mass is 32.2. The van der Waals surface area contributed by atoms with Crippen molar-refractivity contribution in [2.24, 2.45) is 5.73 Å². The predicted octanol–water partition coefficient (Wildman–Crippen LogP) is 2.38. The number of rotatable bonds is 7. The molecule has 0 radical (unpaired) electrons. The van der Waals surface area contributed by atoms with Gasteiger partial charge in [-0.05, 0) is 41.7 Å². The van der Waals surface area contributed by atoms with Crippen molar-refractivity contribution in [1.82, 2.24) is 9.21 Å². The molecule has 0 bridgehead atoms. The molecule has 2 atom stereocenters. The van der Waals surface area contributed by atoms with Crippen molar-refractivity contribution in [3.05, 3.63) is 54.1 Å². The van der Waals surface area contributed by atoms with E-state index in [1.807, 2.05) is 35.2 Å². The van der Waals surface area contributed by atoms with Crippen molar-refractivity contribution in [2.75, 3.05) is 20.6 Å². The van der Waals surface area contributed by atoms with E-state index in [0.29, 0.717) is 19.4 Å². The Morgan fingerprint density at radius 3 is 2.52 bits per heavy atom. The average Bonchev–Trinajstić information content (AvgIpc) is 2.78. The van der Waals surface area contributed by atoms with Crippen LogP contribution in [0, 0.1) is 11.3 Å². The zero-order valence-electron chi connectivity index (χ0n) is 17.9. The number of amides is 1. The summed E-state index contributed by atoms with van der Waals surface area (Å²) in [5, 5.41) is 9.72. The molecule has 0 aromatic heterocycles. The first-order valence-corrected chi connectivity index (χ1v) is 11.7. The zero-order valence-corrected chi connectivity index (χ0v) is 18.7. The van der Waals surface area contributed by atoms with E-state index in [2.05, 4.69) is 6.07 Å². The zero-order chi connectivity index (χ0) is 22.6. The number of hydrogen-bond donors (Lipinski definition) is 1. The lowest BCUT2D eigenvalue weighted by molar-refractivity contribution is -0.125. The number of hydrogen-bond acceptors (Lipinski definition) is 5. The summed E-state index contributed by atoms with van der Waals surface area (Å²) in [6.07, 6.45) is 3.08. The van der Waals surface area contributed by atoms with E-state index < -0.39 is 16.1 Å². The van der Waals surface area contributed by atoms with Gasteiger partial charge in [0.05, 0.1) is 17.0 Å². The normalized spacial score (nSPS) is 18.5. The summed E-state index contributed by atoms with van der Waals surface area (Å²) in [6.45, 7) is 0.692. The van der Waals surface area contributed by atoms with Crippen LogP contribution in [0.15, 0.2) is 53.4 Å². The van der Waals surface area contributed by atoms with E-state index in [0.717, 1.165) is 29.5 Å². The first-order chi connectivity index (χ1) is 14.7. The predicted molar refractivity (Wildman–Crippen MR) is 119 cm³/mol. The van der Waals surface area contributed by atoms with Crippen LogP contribution in [0.2, 0.25) is 0 Å². The highest BCUT2D eigenvalue weighted by Gasteiger charge is 2.32. The molecule has 1 aliphatic heterocycles. The number of nitrogens with zero attached hydrogens (tertiary/aromatic N) is 3. The van der Waals surface area contributed by atoms with Gasteiger partial charge in [-0.2, -0.15) is 5.26 Å². The van der Waals surface area contributed by atoms with Gasteiger partial charge in [-0.15, -0.1) is 0 Å². The van der Waals surface area contributed by atoms with E-state index in [1.54, 1.807) is 18.2 Å². The molecule has 1 unspecified atom stereocenters. The fraction of sp³-hybridized carbons (Fsp3) is 0.391. The minimum atomic E-state index is -3.51. The smallest absolute Gasteiger partial charge is 0.242 e. The van der Waals surface area contributed by atoms with Crippen LogP contribution < -0.4 is 5.73 Å². The Kier molecular flexibility index (Phi) is 7.11. The topological polar surface area (TPSA) is 108 Å². The van der Waals surface area contributed by atoms with Crippen molar-refractivity contribution < 1.29 is 13.2 Å². The molecule has 7 nitrogen and oxygen atoms in total. The van der Waals surface area contributed by atoms with Crippen LogP contribution in [0.3, 0.4) is 0 Å². The van der Waals surface area contributed by atoms with Gasteiger partial charge >= 0.3 is 0 Å². The number of nitrogens with two attached hydrogens (primary N) is 1. The molecule has 2 N–H and O–H groups in total. The number of carbonyl (C=O) groups is 1. The Hall–Kier alpha value is -2.73. The van der Waals surface area contributed by atoms with Crippen molar-refractivity contribution in [1.29, 1.82) is 5.26 Å². The van der Waals surface area contributed by atoms with E-state index in [4.69, 9.17) is 5.73 Å². The fourth-order valence-corrected chi connectivity index (χ4v) is 4.92. The third-order valence-electron chi connectivity index (χ3n) is 5.75. The summed E-state index contributed by atoms with van der Waals surface area (Å²) < 4.78 is 26.0. The largest absolute Gasteiger partial charge is 0.368 e. The minimum Gasteiger partial charge on any atom is -0.368 e. The quantitative estimate of drug-likeness (QED) is 0.711. The highest BCUT2D eigenvalue weighted by Crippen LogP contribution is 2.26. The Balaban J connectivity index is 1.79. The van der Waals surface area contributed by atoms with Gasteiger partial charge in [0.15, 0.2) is 0 Å². The van der Waals surface area contributed by atoms with E-state index >= 15 is 0 Å². The second-order valence-corrected chi connectivity index (χ2v) is 10.2. The first kappa shape index (κ1) is 22.9. The number of sulfonamides is 1. The summed E-state index contributed by atoms with van der Waals surface area (Å²) in [4.78, 5) is 14.0. The molecule has 0 aliphatic carbocycles. The van der Waals surface area contributed by atoms with Gasteiger partial charge in [-0.1, -0.05) is 42.8 Å². The van der Waals surface area contributed by atoms with Crippen molar-refractivity contribution in [3.8, 4) is 17.2 Å². The lowest BCUT2D eigenvalue weighted by Gasteiger charge is -2.36. The standard InChI is InChI=1S/C23H28N4O3S/c1-26(2)31(29,30)21-7-5-6-19(15-21)18-11-9-17(10-12-18)14-20(16-24)27-13-4-3-8-22(27)23(25)28/h5-7,9-12,15,20,22H,3-4,8,13-14H2,1-2H3,(H2,25,28)/t20-,22?/m0/s1. The van der Waals surface area contributed by atoms with E-state index in [-0.39, 0.29) is 16.8 Å². The molecule has 1 saturated heterocycles. The van der Waals surface area contributed by atoms with Gasteiger partial charge in [0.25, 0.3) is 0 Å². The summed E-state index contributed by atoms with van der Waals surface area (Å²) >= 11 is 0. The number of likely N-dealkylation sites (tertiary alicyclic amines) is 1. The van der Waals surface area contributed by atoms with Gasteiger partial charge in [0, 0.05) is 27.1 Å². The third kappa shape index (κ3) is 5.13. The Labute approximate surface area is 184 Å². The minimum absolute atomic E-state index is 0.242. The van der Waals surface area contributed by atoms with E-state index in [9.17, 15) is 18.5 Å². The van der Waals surface area contributed by atoms with Crippen molar-refractivity contribution in [3.63, 3.8) is 0 Å². The van der Waals surface area contributed by atoms with Crippen molar-refractivity contribution in [2.45, 2.75) is 42.7 Å². The maximum absolute atomic E-state index is 12.4. The Morgan fingerprint density at radius 2 is 1.90 bits per heavy atom. The molecular weight excluding hydrogens is 412 g/mol. The molecule has 3 rings (SSSR count). The van der Waals surface area contributed by atoms with Crippen molar-refractivity contribution >= 4 is 15.9 Å². The van der Waals surface area contributed by atoms with Crippen LogP contribution in [0.5, 0.6) is 0 Å². The fourth-order valence-electron chi connectivity index (χ4n) is 3.97. The molecule has 1 fully saturated rings. The molecule has 0 saturated carbocycles. The highest BCUT2D eigenvalue weighted by molar-refractivity contribution is 7.89. The van der Waals surface area contributed by atoms with Crippen LogP contribution in [-0.2, 0) is 21.2 Å². The molecule has 1 amide bonds. The number of benzene rings is 2. The lowest BCUT2D eigenvalue weighted by atomic mass is 9.96. The summed E-state index contributed by atoms with van der Waals surface area (Å²) in [7, 11) is -0.491. The van der Waals surface area contributed by atoms with Crippen LogP contribution in [0.4, 0.5) is 0 Å². The van der Waals surface area contributed by atoms with Gasteiger partial charge in [0.2, 0.25) is 15.9 Å². The third-order valence-corrected chi connectivity index (χ3v) is 7.56. The summed E-state index contributed by atoms with van der Waals surface area (Å²) in [5.74, 6) is -0.372. The first-order valence-electron chi connectivity index (χ1n) is 10.3. The molecular formula is C23H28N4O3S. The molecule has 2 aromatic carbocycles. The SMILES string of the molecule is CN(C)S(=O)(=O)c1cccc(-c2ccc(C[C@@H](C#N)N3CCCCC3C(N)=O)cc2)c1. The molecule has 1 aliphatic rings. The van der Waals surface area contributed by atoms with Crippen LogP contribution in [0.1, 0.15) is 24.8 Å². The molecule has 2 aromatic rings. The summed E-state index contributed by atoms with van der Waals surface area (Å²) in [6, 6.07) is 16.1. The van der Waals surface area contributed by atoms with E-state index in [1.165, 1.54) is 18.4 Å². The van der Waals surface area contributed by atoms with Gasteiger partial charge < -0.3 is 5.73 Å². The maximum atomic E-state index is 12.4. The molecule has 31 heavy (non-hydrogen) atoms. The maximum Gasteiger partial charge on any atom is 0.242 e. The second kappa shape index (κ2) is 9.60. The monoisotopic (exact) mass is 440 g/mol. The van der Waals surface area contributed by atoms with Gasteiger partial charge in [-0.3, -0.25) is 9.69 Å². The number of carbonyl (C=O) groups excluding carboxylic acids is 1.